The second-order valence-electron chi connectivity index (χ2n) is 3.32. The predicted octanol–water partition coefficient (Wildman–Crippen LogP) is 0.136. The van der Waals surface area contributed by atoms with E-state index in [1.807, 2.05) is 6.92 Å². The number of carbonyl (C=O) groups is 2. The molecule has 0 aromatic rings. The van der Waals surface area contributed by atoms with E-state index < -0.39 is 12.0 Å². The van der Waals surface area contributed by atoms with E-state index >= 15 is 0 Å². The molecule has 0 unspecified atom stereocenters. The minimum absolute atomic E-state index is 0.0264. The number of methoxy groups -OCH3 is 1. The maximum Gasteiger partial charge on any atom is 0.322 e. The number of carbonyl (C=O) groups excluding carboxylic acids is 2. The van der Waals surface area contributed by atoms with E-state index in [2.05, 4.69) is 10.1 Å². The first kappa shape index (κ1) is 15.2. The minimum Gasteiger partial charge on any atom is -0.468 e. The smallest absolute Gasteiger partial charge is 0.322 e. The van der Waals surface area contributed by atoms with Crippen LogP contribution in [0.4, 0.5) is 0 Å². The summed E-state index contributed by atoms with van der Waals surface area (Å²) in [6, 6.07) is -0.587. The first-order chi connectivity index (χ1) is 7.61. The number of hydrogen-bond acceptors (Lipinski definition) is 5. The van der Waals surface area contributed by atoms with E-state index in [0.717, 1.165) is 6.42 Å². The summed E-state index contributed by atoms with van der Waals surface area (Å²) in [5.41, 5.74) is 5.54. The molecular formula is C10H20N2O3S. The van der Waals surface area contributed by atoms with Crippen LogP contribution in [0.5, 0.6) is 0 Å². The summed E-state index contributed by atoms with van der Waals surface area (Å²) in [5.74, 6) is 0.707. The molecule has 0 radical (unpaired) electrons. The van der Waals surface area contributed by atoms with Gasteiger partial charge in [-0.25, -0.2) is 0 Å². The van der Waals surface area contributed by atoms with Crippen LogP contribution in [0.1, 0.15) is 19.8 Å². The van der Waals surface area contributed by atoms with Gasteiger partial charge in [0.1, 0.15) is 6.04 Å². The van der Waals surface area contributed by atoms with Crippen LogP contribution in [0.2, 0.25) is 0 Å². The molecule has 0 saturated heterocycles. The third-order valence-electron chi connectivity index (χ3n) is 1.88. The van der Waals surface area contributed by atoms with Crippen molar-refractivity contribution in [2.45, 2.75) is 25.8 Å². The standard InChI is InChI=1S/C10H20N2O3S/c1-3-5-12-9(13)7-16-6-4-8(11)10(14)15-2/h8H,3-7,11H2,1-2H3,(H,12,13)/t8-/m0/s1. The molecule has 94 valence electrons. The number of nitrogens with one attached hydrogen (secondary N) is 1. The van der Waals surface area contributed by atoms with Gasteiger partial charge in [0, 0.05) is 6.54 Å². The van der Waals surface area contributed by atoms with E-state index in [0.29, 0.717) is 24.5 Å². The van der Waals surface area contributed by atoms with E-state index in [-0.39, 0.29) is 5.91 Å². The fraction of sp³-hybridized carbons (Fsp3) is 0.800. The summed E-state index contributed by atoms with van der Waals surface area (Å²) in [4.78, 5) is 22.1. The third-order valence-corrected chi connectivity index (χ3v) is 2.87. The number of ether oxygens (including phenoxy) is 1. The SMILES string of the molecule is CCCNC(=O)CSCC[C@H](N)C(=O)OC. The number of nitrogens with two attached hydrogens (primary N) is 1. The molecule has 0 spiro atoms. The van der Waals surface area contributed by atoms with Gasteiger partial charge in [0.15, 0.2) is 0 Å². The molecule has 1 atom stereocenters. The molecule has 6 heteroatoms. The second-order valence-corrected chi connectivity index (χ2v) is 4.43. The van der Waals surface area contributed by atoms with Crippen LogP contribution in [-0.2, 0) is 14.3 Å². The lowest BCUT2D eigenvalue weighted by Crippen LogP contribution is -2.32. The van der Waals surface area contributed by atoms with Crippen LogP contribution in [0, 0.1) is 0 Å². The van der Waals surface area contributed by atoms with Gasteiger partial charge in [-0.05, 0) is 18.6 Å². The predicted molar refractivity (Wildman–Crippen MR) is 65.2 cm³/mol. The van der Waals surface area contributed by atoms with Crippen LogP contribution in [-0.4, -0.2) is 43.1 Å². The van der Waals surface area contributed by atoms with Crippen molar-refractivity contribution in [1.29, 1.82) is 0 Å². The van der Waals surface area contributed by atoms with Crippen LogP contribution in [0.25, 0.3) is 0 Å². The molecule has 3 N–H and O–H groups in total. The van der Waals surface area contributed by atoms with E-state index in [4.69, 9.17) is 5.73 Å². The van der Waals surface area contributed by atoms with Gasteiger partial charge in [0.05, 0.1) is 12.9 Å². The molecule has 0 aliphatic heterocycles. The van der Waals surface area contributed by atoms with E-state index in [1.165, 1.54) is 18.9 Å². The Labute approximate surface area is 100 Å². The van der Waals surface area contributed by atoms with Crippen LogP contribution >= 0.6 is 11.8 Å². The lowest BCUT2D eigenvalue weighted by Gasteiger charge is -2.08. The number of thioether (sulfide) groups is 1. The maximum atomic E-state index is 11.2. The Bertz CT molecular complexity index is 224. The first-order valence-corrected chi connectivity index (χ1v) is 6.45. The Kier molecular flexibility index (Phi) is 9.03. The van der Waals surface area contributed by atoms with Crippen LogP contribution < -0.4 is 11.1 Å². The molecule has 0 bridgehead atoms. The molecule has 0 saturated carbocycles. The Morgan fingerprint density at radius 2 is 2.19 bits per heavy atom. The summed E-state index contributed by atoms with van der Waals surface area (Å²) >= 11 is 1.47. The van der Waals surface area contributed by atoms with Gasteiger partial charge < -0.3 is 15.8 Å². The summed E-state index contributed by atoms with van der Waals surface area (Å²) in [6.45, 7) is 2.71. The third kappa shape index (κ3) is 7.53. The van der Waals surface area contributed by atoms with Gasteiger partial charge in [0.2, 0.25) is 5.91 Å². The van der Waals surface area contributed by atoms with Crippen molar-refractivity contribution >= 4 is 23.6 Å². The number of amides is 1. The van der Waals surface area contributed by atoms with Crippen molar-refractivity contribution < 1.29 is 14.3 Å². The van der Waals surface area contributed by atoms with Crippen molar-refractivity contribution in [3.05, 3.63) is 0 Å². The van der Waals surface area contributed by atoms with Crippen LogP contribution in [0.3, 0.4) is 0 Å². The fourth-order valence-corrected chi connectivity index (χ4v) is 1.81. The van der Waals surface area contributed by atoms with Gasteiger partial charge in [-0.2, -0.15) is 11.8 Å². The Balaban J connectivity index is 3.45. The second kappa shape index (κ2) is 9.47. The number of esters is 1. The van der Waals surface area contributed by atoms with Gasteiger partial charge >= 0.3 is 5.97 Å². The average Bonchev–Trinajstić information content (AvgIpc) is 2.30. The maximum absolute atomic E-state index is 11.2. The summed E-state index contributed by atoms with van der Waals surface area (Å²) in [7, 11) is 1.31. The van der Waals surface area contributed by atoms with Gasteiger partial charge in [-0.15, -0.1) is 0 Å². The minimum atomic E-state index is -0.587. The van der Waals surface area contributed by atoms with Crippen molar-refractivity contribution in [2.24, 2.45) is 5.73 Å². The van der Waals surface area contributed by atoms with Crippen molar-refractivity contribution in [3.8, 4) is 0 Å². The quantitative estimate of drug-likeness (QED) is 0.471. The first-order valence-electron chi connectivity index (χ1n) is 5.29. The largest absolute Gasteiger partial charge is 0.468 e. The highest BCUT2D eigenvalue weighted by Gasteiger charge is 2.12. The summed E-state index contributed by atoms with van der Waals surface area (Å²) < 4.78 is 4.49. The van der Waals surface area contributed by atoms with E-state index in [9.17, 15) is 9.59 Å². The Morgan fingerprint density at radius 3 is 2.75 bits per heavy atom. The molecule has 0 aliphatic rings. The summed E-state index contributed by atoms with van der Waals surface area (Å²) in [5, 5.41) is 2.77. The topological polar surface area (TPSA) is 81.4 Å². The van der Waals surface area contributed by atoms with Gasteiger partial charge in [0.25, 0.3) is 0 Å². The molecule has 0 heterocycles. The van der Waals surface area contributed by atoms with Crippen LogP contribution in [0.15, 0.2) is 0 Å². The Morgan fingerprint density at radius 1 is 1.50 bits per heavy atom. The zero-order chi connectivity index (χ0) is 12.4. The molecule has 0 aliphatic carbocycles. The molecule has 5 nitrogen and oxygen atoms in total. The highest BCUT2D eigenvalue weighted by Crippen LogP contribution is 2.04. The van der Waals surface area contributed by atoms with Gasteiger partial charge in [-0.1, -0.05) is 6.92 Å². The molecule has 16 heavy (non-hydrogen) atoms. The number of rotatable bonds is 8. The van der Waals surface area contributed by atoms with Crippen molar-refractivity contribution in [1.82, 2.24) is 5.32 Å². The molecule has 0 rings (SSSR count). The van der Waals surface area contributed by atoms with E-state index in [1.54, 1.807) is 0 Å². The lowest BCUT2D eigenvalue weighted by molar-refractivity contribution is -0.142. The normalized spacial score (nSPS) is 11.9. The monoisotopic (exact) mass is 248 g/mol. The lowest BCUT2D eigenvalue weighted by atomic mass is 10.2. The van der Waals surface area contributed by atoms with Gasteiger partial charge in [-0.3, -0.25) is 9.59 Å². The summed E-state index contributed by atoms with van der Waals surface area (Å²) in [6.07, 6.45) is 1.46. The number of hydrogen-bond donors (Lipinski definition) is 2. The molecule has 1 amide bonds. The molecule has 0 aromatic heterocycles. The fourth-order valence-electron chi connectivity index (χ4n) is 0.960. The molecule has 0 fully saturated rings. The zero-order valence-corrected chi connectivity index (χ0v) is 10.6. The van der Waals surface area contributed by atoms with Crippen molar-refractivity contribution in [2.75, 3.05) is 25.2 Å². The molecular weight excluding hydrogens is 228 g/mol. The van der Waals surface area contributed by atoms with Crippen molar-refractivity contribution in [3.63, 3.8) is 0 Å². The zero-order valence-electron chi connectivity index (χ0n) is 9.82. The highest BCUT2D eigenvalue weighted by molar-refractivity contribution is 7.99. The molecule has 0 aromatic carbocycles. The average molecular weight is 248 g/mol. The highest BCUT2D eigenvalue weighted by atomic mass is 32.2. The Hall–Kier alpha value is -0.750.